The molecule has 0 saturated heterocycles. The van der Waals surface area contributed by atoms with Gasteiger partial charge in [-0.15, -0.1) is 0 Å². The summed E-state index contributed by atoms with van der Waals surface area (Å²) in [6, 6.07) is 13.5. The SMILES string of the molecule is Cc1ccc(N[C@H]2CCC[C@H]2NC(=O)c2ccccc2-c2ncccn2)nc1. The Labute approximate surface area is 164 Å². The molecular formula is C22H23N5O. The van der Waals surface area contributed by atoms with E-state index in [1.807, 2.05) is 49.5 Å². The van der Waals surface area contributed by atoms with E-state index in [-0.39, 0.29) is 18.0 Å². The van der Waals surface area contributed by atoms with Gasteiger partial charge in [0.2, 0.25) is 0 Å². The van der Waals surface area contributed by atoms with Crippen LogP contribution in [0.5, 0.6) is 0 Å². The quantitative estimate of drug-likeness (QED) is 0.714. The van der Waals surface area contributed by atoms with Crippen molar-refractivity contribution in [1.82, 2.24) is 20.3 Å². The number of nitrogens with one attached hydrogen (secondary N) is 2. The molecule has 142 valence electrons. The van der Waals surface area contributed by atoms with Crippen LogP contribution in [0.15, 0.2) is 61.1 Å². The van der Waals surface area contributed by atoms with E-state index < -0.39 is 0 Å². The van der Waals surface area contributed by atoms with Gasteiger partial charge < -0.3 is 10.6 Å². The molecule has 2 N–H and O–H groups in total. The van der Waals surface area contributed by atoms with Crippen LogP contribution in [0.25, 0.3) is 11.4 Å². The summed E-state index contributed by atoms with van der Waals surface area (Å²) in [6.07, 6.45) is 8.23. The molecule has 1 aromatic carbocycles. The van der Waals surface area contributed by atoms with Crippen LogP contribution in [0.4, 0.5) is 5.82 Å². The van der Waals surface area contributed by atoms with E-state index in [0.29, 0.717) is 11.4 Å². The van der Waals surface area contributed by atoms with E-state index in [2.05, 4.69) is 25.6 Å². The lowest BCUT2D eigenvalue weighted by molar-refractivity contribution is 0.0936. The first-order valence-electron chi connectivity index (χ1n) is 9.57. The van der Waals surface area contributed by atoms with Crippen molar-refractivity contribution in [3.05, 3.63) is 72.2 Å². The lowest BCUT2D eigenvalue weighted by Crippen LogP contribution is -2.43. The Balaban J connectivity index is 1.50. The van der Waals surface area contributed by atoms with Crippen LogP contribution in [0.3, 0.4) is 0 Å². The Kier molecular flexibility index (Phi) is 5.28. The molecule has 2 aromatic heterocycles. The second-order valence-electron chi connectivity index (χ2n) is 7.10. The van der Waals surface area contributed by atoms with Gasteiger partial charge in [0.05, 0.1) is 5.56 Å². The first-order valence-corrected chi connectivity index (χ1v) is 9.57. The van der Waals surface area contributed by atoms with Gasteiger partial charge in [0.15, 0.2) is 5.82 Å². The first kappa shape index (κ1) is 18.1. The van der Waals surface area contributed by atoms with Crippen LogP contribution < -0.4 is 10.6 Å². The van der Waals surface area contributed by atoms with Crippen molar-refractivity contribution < 1.29 is 4.79 Å². The highest BCUT2D eigenvalue weighted by atomic mass is 16.1. The molecule has 1 aliphatic rings. The third kappa shape index (κ3) is 4.01. The normalized spacial score (nSPS) is 18.6. The van der Waals surface area contributed by atoms with Crippen molar-refractivity contribution in [2.24, 2.45) is 0 Å². The van der Waals surface area contributed by atoms with Crippen molar-refractivity contribution in [2.45, 2.75) is 38.3 Å². The average Bonchev–Trinajstić information content (AvgIpc) is 3.17. The van der Waals surface area contributed by atoms with Crippen LogP contribution in [-0.2, 0) is 0 Å². The number of hydrogen-bond acceptors (Lipinski definition) is 5. The summed E-state index contributed by atoms with van der Waals surface area (Å²) in [4.78, 5) is 26.0. The largest absolute Gasteiger partial charge is 0.365 e. The monoisotopic (exact) mass is 373 g/mol. The number of benzene rings is 1. The molecule has 6 nitrogen and oxygen atoms in total. The molecule has 2 heterocycles. The van der Waals surface area contributed by atoms with Crippen LogP contribution in [0, 0.1) is 6.92 Å². The highest BCUT2D eigenvalue weighted by molar-refractivity contribution is 6.00. The molecule has 28 heavy (non-hydrogen) atoms. The maximum absolute atomic E-state index is 13.0. The molecule has 1 amide bonds. The molecule has 0 unspecified atom stereocenters. The summed E-state index contributed by atoms with van der Waals surface area (Å²) in [5.41, 5.74) is 2.46. The zero-order valence-corrected chi connectivity index (χ0v) is 15.8. The van der Waals surface area contributed by atoms with E-state index in [9.17, 15) is 4.79 Å². The Morgan fingerprint density at radius 3 is 2.54 bits per heavy atom. The van der Waals surface area contributed by atoms with Crippen molar-refractivity contribution >= 4 is 11.7 Å². The second-order valence-corrected chi connectivity index (χ2v) is 7.10. The van der Waals surface area contributed by atoms with Crippen molar-refractivity contribution in [1.29, 1.82) is 0 Å². The van der Waals surface area contributed by atoms with Gasteiger partial charge in [-0.1, -0.05) is 24.3 Å². The summed E-state index contributed by atoms with van der Waals surface area (Å²) in [5.74, 6) is 1.30. The Hall–Kier alpha value is -3.28. The Morgan fingerprint density at radius 1 is 0.964 bits per heavy atom. The maximum Gasteiger partial charge on any atom is 0.252 e. The summed E-state index contributed by atoms with van der Waals surface area (Å²) in [7, 11) is 0. The van der Waals surface area contributed by atoms with Gasteiger partial charge in [-0.05, 0) is 49.9 Å². The van der Waals surface area contributed by atoms with E-state index >= 15 is 0 Å². The molecule has 6 heteroatoms. The highest BCUT2D eigenvalue weighted by Crippen LogP contribution is 2.24. The summed E-state index contributed by atoms with van der Waals surface area (Å²) in [6.45, 7) is 2.02. The first-order chi connectivity index (χ1) is 13.7. The summed E-state index contributed by atoms with van der Waals surface area (Å²) >= 11 is 0. The third-order valence-electron chi connectivity index (χ3n) is 5.06. The van der Waals surface area contributed by atoms with E-state index in [1.54, 1.807) is 18.5 Å². The number of nitrogens with zero attached hydrogens (tertiary/aromatic N) is 3. The van der Waals surface area contributed by atoms with Gasteiger partial charge in [-0.3, -0.25) is 4.79 Å². The lowest BCUT2D eigenvalue weighted by atomic mass is 10.0. The fraction of sp³-hybridized carbons (Fsp3) is 0.273. The van der Waals surface area contributed by atoms with Crippen LogP contribution in [-0.4, -0.2) is 32.9 Å². The van der Waals surface area contributed by atoms with Crippen LogP contribution >= 0.6 is 0 Å². The van der Waals surface area contributed by atoms with Gasteiger partial charge in [0.1, 0.15) is 5.82 Å². The van der Waals surface area contributed by atoms with Gasteiger partial charge in [-0.25, -0.2) is 15.0 Å². The molecule has 0 bridgehead atoms. The van der Waals surface area contributed by atoms with Gasteiger partial charge in [0, 0.05) is 36.2 Å². The average molecular weight is 373 g/mol. The van der Waals surface area contributed by atoms with Crippen molar-refractivity contribution in [3.8, 4) is 11.4 Å². The summed E-state index contributed by atoms with van der Waals surface area (Å²) in [5, 5.41) is 6.67. The number of rotatable bonds is 5. The fourth-order valence-electron chi connectivity index (χ4n) is 3.61. The van der Waals surface area contributed by atoms with E-state index in [0.717, 1.165) is 36.2 Å². The number of aromatic nitrogens is 3. The zero-order valence-electron chi connectivity index (χ0n) is 15.8. The molecule has 0 radical (unpaired) electrons. The molecule has 1 aliphatic carbocycles. The molecule has 1 saturated carbocycles. The number of hydrogen-bond donors (Lipinski definition) is 2. The third-order valence-corrected chi connectivity index (χ3v) is 5.06. The Morgan fingerprint density at radius 2 is 1.75 bits per heavy atom. The number of pyridine rings is 1. The topological polar surface area (TPSA) is 79.8 Å². The standard InChI is InChI=1S/C22H23N5O/c1-15-10-11-20(25-14-15)26-18-8-4-9-19(18)27-22(28)17-7-3-2-6-16(17)21-23-12-5-13-24-21/h2-3,5-7,10-14,18-19H,4,8-9H2,1H3,(H,25,26)(H,27,28)/t18-,19+/m0/s1. The van der Waals surface area contributed by atoms with E-state index in [1.165, 1.54) is 0 Å². The highest BCUT2D eigenvalue weighted by Gasteiger charge is 2.29. The minimum absolute atomic E-state index is 0.0559. The van der Waals surface area contributed by atoms with Gasteiger partial charge >= 0.3 is 0 Å². The molecule has 1 fully saturated rings. The van der Waals surface area contributed by atoms with Gasteiger partial charge in [0.25, 0.3) is 5.91 Å². The zero-order chi connectivity index (χ0) is 19.3. The molecule has 2 atom stereocenters. The summed E-state index contributed by atoms with van der Waals surface area (Å²) < 4.78 is 0. The minimum Gasteiger partial charge on any atom is -0.365 e. The number of carbonyl (C=O) groups excluding carboxylic acids is 1. The molecule has 3 aromatic rings. The minimum atomic E-state index is -0.0985. The fourth-order valence-corrected chi connectivity index (χ4v) is 3.61. The number of anilines is 1. The van der Waals surface area contributed by atoms with Crippen LogP contribution in [0.2, 0.25) is 0 Å². The number of amides is 1. The number of carbonyl (C=O) groups is 1. The molecule has 0 aliphatic heterocycles. The van der Waals surface area contributed by atoms with Crippen molar-refractivity contribution in [2.75, 3.05) is 5.32 Å². The predicted molar refractivity (Wildman–Crippen MR) is 109 cm³/mol. The molecule has 0 spiro atoms. The van der Waals surface area contributed by atoms with E-state index in [4.69, 9.17) is 0 Å². The Bertz CT molecular complexity index is 943. The number of aryl methyl sites for hydroxylation is 1. The predicted octanol–water partition coefficient (Wildman–Crippen LogP) is 3.61. The lowest BCUT2D eigenvalue weighted by Gasteiger charge is -2.23. The maximum atomic E-state index is 13.0. The second kappa shape index (κ2) is 8.17. The van der Waals surface area contributed by atoms with Gasteiger partial charge in [-0.2, -0.15) is 0 Å². The van der Waals surface area contributed by atoms with Crippen molar-refractivity contribution in [3.63, 3.8) is 0 Å². The molecular weight excluding hydrogens is 350 g/mol. The van der Waals surface area contributed by atoms with Crippen LogP contribution in [0.1, 0.15) is 35.2 Å². The smallest absolute Gasteiger partial charge is 0.252 e. The molecule has 4 rings (SSSR count).